The molecule has 1 saturated heterocycles. The van der Waals surface area contributed by atoms with Gasteiger partial charge in [0.1, 0.15) is 0 Å². The number of piperidine rings is 1. The van der Waals surface area contributed by atoms with E-state index >= 15 is 0 Å². The van der Waals surface area contributed by atoms with Crippen LogP contribution in [0.3, 0.4) is 0 Å². The van der Waals surface area contributed by atoms with Crippen LogP contribution in [0.1, 0.15) is 26.7 Å². The quantitative estimate of drug-likeness (QED) is 0.736. The second kappa shape index (κ2) is 5.30. The van der Waals surface area contributed by atoms with Gasteiger partial charge >= 0.3 is 0 Å². The lowest BCUT2D eigenvalue weighted by Gasteiger charge is -2.28. The van der Waals surface area contributed by atoms with Crippen molar-refractivity contribution in [2.24, 2.45) is 11.8 Å². The first kappa shape index (κ1) is 13.0. The highest BCUT2D eigenvalue weighted by atomic mass is 32.2. The Labute approximate surface area is 93.8 Å². The summed E-state index contributed by atoms with van der Waals surface area (Å²) >= 11 is 0. The summed E-state index contributed by atoms with van der Waals surface area (Å²) in [4.78, 5) is 2.27. The standard InChI is InChI=1S/C11H23NO2S/c1-10(2)8-15(13,14)9-11-4-6-12(3)7-5-11/h10-11H,4-9H2,1-3H3. The fourth-order valence-electron chi connectivity index (χ4n) is 2.16. The molecule has 1 aliphatic heterocycles. The van der Waals surface area contributed by atoms with Gasteiger partial charge in [-0.1, -0.05) is 13.8 Å². The van der Waals surface area contributed by atoms with Crippen LogP contribution < -0.4 is 0 Å². The molecule has 0 aromatic rings. The number of hydrogen-bond donors (Lipinski definition) is 0. The summed E-state index contributed by atoms with van der Waals surface area (Å²) in [5.41, 5.74) is 0. The van der Waals surface area contributed by atoms with Gasteiger partial charge in [-0.25, -0.2) is 8.42 Å². The van der Waals surface area contributed by atoms with E-state index in [1.165, 1.54) is 0 Å². The molecule has 3 nitrogen and oxygen atoms in total. The highest BCUT2D eigenvalue weighted by Crippen LogP contribution is 2.18. The largest absolute Gasteiger partial charge is 0.306 e. The van der Waals surface area contributed by atoms with E-state index in [1.807, 2.05) is 13.8 Å². The number of nitrogens with zero attached hydrogens (tertiary/aromatic N) is 1. The highest BCUT2D eigenvalue weighted by molar-refractivity contribution is 7.91. The zero-order valence-corrected chi connectivity index (χ0v) is 10.9. The fourth-order valence-corrected chi connectivity index (χ4v) is 4.37. The van der Waals surface area contributed by atoms with E-state index in [9.17, 15) is 8.42 Å². The maximum Gasteiger partial charge on any atom is 0.150 e. The predicted octanol–water partition coefficient (Wildman–Crippen LogP) is 1.40. The normalized spacial score (nSPS) is 21.1. The van der Waals surface area contributed by atoms with Crippen LogP contribution in [0.4, 0.5) is 0 Å². The van der Waals surface area contributed by atoms with Crippen LogP contribution in [0.15, 0.2) is 0 Å². The molecule has 4 heteroatoms. The Kier molecular flexibility index (Phi) is 4.59. The van der Waals surface area contributed by atoms with Crippen molar-refractivity contribution in [3.8, 4) is 0 Å². The van der Waals surface area contributed by atoms with Gasteiger partial charge in [-0.05, 0) is 44.8 Å². The van der Waals surface area contributed by atoms with Crippen LogP contribution in [0, 0.1) is 11.8 Å². The molecule has 0 aliphatic carbocycles. The summed E-state index contributed by atoms with van der Waals surface area (Å²) in [6.07, 6.45) is 2.07. The van der Waals surface area contributed by atoms with E-state index in [0.29, 0.717) is 17.4 Å². The molecule has 0 unspecified atom stereocenters. The smallest absolute Gasteiger partial charge is 0.150 e. The van der Waals surface area contributed by atoms with Gasteiger partial charge in [0.15, 0.2) is 9.84 Å². The first-order chi connectivity index (χ1) is 6.89. The van der Waals surface area contributed by atoms with Crippen LogP contribution in [-0.2, 0) is 9.84 Å². The van der Waals surface area contributed by atoms with E-state index in [-0.39, 0.29) is 5.92 Å². The lowest BCUT2D eigenvalue weighted by Crippen LogP contribution is -2.33. The third-order valence-electron chi connectivity index (χ3n) is 2.92. The minimum Gasteiger partial charge on any atom is -0.306 e. The minimum absolute atomic E-state index is 0.251. The molecule has 15 heavy (non-hydrogen) atoms. The Morgan fingerprint density at radius 1 is 1.27 bits per heavy atom. The van der Waals surface area contributed by atoms with E-state index in [1.54, 1.807) is 0 Å². The summed E-state index contributed by atoms with van der Waals surface area (Å²) in [6.45, 7) is 6.02. The molecule has 0 amide bonds. The van der Waals surface area contributed by atoms with Gasteiger partial charge in [0, 0.05) is 0 Å². The molecule has 1 aliphatic rings. The molecule has 0 N–H and O–H groups in total. The summed E-state index contributed by atoms with van der Waals surface area (Å²) < 4.78 is 23.6. The Morgan fingerprint density at radius 2 is 1.80 bits per heavy atom. The molecular formula is C11H23NO2S. The monoisotopic (exact) mass is 233 g/mol. The molecule has 0 saturated carbocycles. The molecule has 0 atom stereocenters. The minimum atomic E-state index is -2.82. The van der Waals surface area contributed by atoms with Crippen molar-refractivity contribution in [3.63, 3.8) is 0 Å². The predicted molar refractivity (Wildman–Crippen MR) is 63.7 cm³/mol. The third-order valence-corrected chi connectivity index (χ3v) is 5.07. The second-order valence-electron chi connectivity index (χ2n) is 5.22. The third kappa shape index (κ3) is 4.98. The van der Waals surface area contributed by atoms with Crippen molar-refractivity contribution in [1.82, 2.24) is 4.90 Å². The summed E-state index contributed by atoms with van der Waals surface area (Å²) in [5.74, 6) is 1.39. The molecule has 1 rings (SSSR count). The Morgan fingerprint density at radius 3 is 2.27 bits per heavy atom. The Balaban J connectivity index is 2.41. The number of rotatable bonds is 4. The zero-order chi connectivity index (χ0) is 11.5. The summed E-state index contributed by atoms with van der Waals surface area (Å²) in [6, 6.07) is 0. The van der Waals surface area contributed by atoms with Crippen LogP contribution >= 0.6 is 0 Å². The average molecular weight is 233 g/mol. The molecule has 90 valence electrons. The van der Waals surface area contributed by atoms with E-state index in [0.717, 1.165) is 25.9 Å². The van der Waals surface area contributed by atoms with Gasteiger partial charge in [0.25, 0.3) is 0 Å². The SMILES string of the molecule is CC(C)CS(=O)(=O)CC1CCN(C)CC1. The average Bonchev–Trinajstić information content (AvgIpc) is 2.06. The van der Waals surface area contributed by atoms with Gasteiger partial charge in [0.05, 0.1) is 11.5 Å². The molecule has 0 bridgehead atoms. The molecular weight excluding hydrogens is 210 g/mol. The topological polar surface area (TPSA) is 37.4 Å². The Hall–Kier alpha value is -0.0900. The van der Waals surface area contributed by atoms with Crippen molar-refractivity contribution in [3.05, 3.63) is 0 Å². The highest BCUT2D eigenvalue weighted by Gasteiger charge is 2.23. The molecule has 1 fully saturated rings. The zero-order valence-electron chi connectivity index (χ0n) is 10.1. The Bertz CT molecular complexity index is 277. The van der Waals surface area contributed by atoms with Crippen molar-refractivity contribution < 1.29 is 8.42 Å². The van der Waals surface area contributed by atoms with Gasteiger partial charge in [-0.3, -0.25) is 0 Å². The van der Waals surface area contributed by atoms with E-state index in [4.69, 9.17) is 0 Å². The lowest BCUT2D eigenvalue weighted by atomic mass is 10.00. The maximum atomic E-state index is 11.8. The van der Waals surface area contributed by atoms with Crippen molar-refractivity contribution in [2.75, 3.05) is 31.6 Å². The fraction of sp³-hybridized carbons (Fsp3) is 1.00. The van der Waals surface area contributed by atoms with Crippen molar-refractivity contribution >= 4 is 9.84 Å². The molecule has 0 spiro atoms. The van der Waals surface area contributed by atoms with Crippen LogP contribution in [0.25, 0.3) is 0 Å². The van der Waals surface area contributed by atoms with Gasteiger partial charge in [-0.2, -0.15) is 0 Å². The van der Waals surface area contributed by atoms with E-state index in [2.05, 4.69) is 11.9 Å². The molecule has 0 aromatic heterocycles. The number of hydrogen-bond acceptors (Lipinski definition) is 3. The molecule has 1 heterocycles. The van der Waals surface area contributed by atoms with Crippen molar-refractivity contribution in [1.29, 1.82) is 0 Å². The second-order valence-corrected chi connectivity index (χ2v) is 7.37. The van der Waals surface area contributed by atoms with Gasteiger partial charge < -0.3 is 4.90 Å². The van der Waals surface area contributed by atoms with Crippen molar-refractivity contribution in [2.45, 2.75) is 26.7 Å². The van der Waals surface area contributed by atoms with Crippen LogP contribution in [-0.4, -0.2) is 45.0 Å². The van der Waals surface area contributed by atoms with E-state index < -0.39 is 9.84 Å². The maximum absolute atomic E-state index is 11.8. The summed E-state index contributed by atoms with van der Waals surface area (Å²) in [7, 11) is -0.720. The summed E-state index contributed by atoms with van der Waals surface area (Å²) in [5, 5.41) is 0. The number of likely N-dealkylation sites (tertiary alicyclic amines) is 1. The first-order valence-corrected chi connectivity index (χ1v) is 7.60. The van der Waals surface area contributed by atoms with Gasteiger partial charge in [0.2, 0.25) is 0 Å². The van der Waals surface area contributed by atoms with Gasteiger partial charge in [-0.15, -0.1) is 0 Å². The number of sulfone groups is 1. The van der Waals surface area contributed by atoms with Crippen LogP contribution in [0.5, 0.6) is 0 Å². The molecule has 0 radical (unpaired) electrons. The molecule has 0 aromatic carbocycles. The van der Waals surface area contributed by atoms with Crippen LogP contribution in [0.2, 0.25) is 0 Å². The lowest BCUT2D eigenvalue weighted by molar-refractivity contribution is 0.231. The first-order valence-electron chi connectivity index (χ1n) is 5.78.